The highest BCUT2D eigenvalue weighted by molar-refractivity contribution is 9.12. The average molecular weight is 587 g/mol. The molecule has 4 rings (SSSR count). The summed E-state index contributed by atoms with van der Waals surface area (Å²) >= 11 is 7.25. The first kappa shape index (κ1) is 23.8. The fourth-order valence-electron chi connectivity index (χ4n) is 5.13. The van der Waals surface area contributed by atoms with E-state index < -0.39 is 23.4 Å². The number of carbonyl (C=O) groups is 4. The van der Waals surface area contributed by atoms with E-state index in [1.807, 2.05) is 0 Å². The number of nitro benzene ring substituents is 1. The SMILES string of the molecule is Cc1ccc(NC(=O)COC(=O)CCN2C(=O)[C@@H]3[C@H]4C[C@@H]([C@H](Br)[C@H]4Br)[C@H]3C2=O)cc1[N+](=O)[O-]. The molecule has 1 aliphatic heterocycles. The number of esters is 1. The summed E-state index contributed by atoms with van der Waals surface area (Å²) in [5.41, 5.74) is 0.518. The molecule has 0 aromatic heterocycles. The normalized spacial score (nSPS) is 29.8. The molecule has 10 nitrogen and oxygen atoms in total. The van der Waals surface area contributed by atoms with Gasteiger partial charge in [0.15, 0.2) is 6.61 Å². The van der Waals surface area contributed by atoms with Crippen LogP contribution in [0.3, 0.4) is 0 Å². The summed E-state index contributed by atoms with van der Waals surface area (Å²) in [5.74, 6) is -2.37. The smallest absolute Gasteiger partial charge is 0.308 e. The Morgan fingerprint density at radius 2 is 1.79 bits per heavy atom. The first-order valence-electron chi connectivity index (χ1n) is 10.4. The van der Waals surface area contributed by atoms with Crippen LogP contribution in [-0.4, -0.2) is 56.3 Å². The van der Waals surface area contributed by atoms with E-state index in [-0.39, 0.29) is 69.5 Å². The number of amides is 3. The zero-order chi connectivity index (χ0) is 24.0. The van der Waals surface area contributed by atoms with Crippen molar-refractivity contribution < 1.29 is 28.8 Å². The van der Waals surface area contributed by atoms with Gasteiger partial charge >= 0.3 is 5.97 Å². The molecule has 6 atom stereocenters. The number of benzene rings is 1. The van der Waals surface area contributed by atoms with E-state index in [0.717, 1.165) is 11.3 Å². The van der Waals surface area contributed by atoms with Crippen LogP contribution in [0.15, 0.2) is 18.2 Å². The number of nitrogens with zero attached hydrogens (tertiary/aromatic N) is 2. The number of anilines is 1. The average Bonchev–Trinajstić information content (AvgIpc) is 3.37. The number of hydrogen-bond acceptors (Lipinski definition) is 7. The third-order valence-electron chi connectivity index (χ3n) is 6.67. The molecule has 1 saturated heterocycles. The predicted molar refractivity (Wildman–Crippen MR) is 123 cm³/mol. The van der Waals surface area contributed by atoms with Gasteiger partial charge in [-0.2, -0.15) is 0 Å². The molecule has 176 valence electrons. The van der Waals surface area contributed by atoms with Crippen molar-refractivity contribution in [2.45, 2.75) is 29.4 Å². The molecule has 3 aliphatic rings. The molecule has 1 heterocycles. The van der Waals surface area contributed by atoms with Gasteiger partial charge in [-0.25, -0.2) is 0 Å². The summed E-state index contributed by atoms with van der Waals surface area (Å²) in [7, 11) is 0. The Hall–Kier alpha value is -2.34. The van der Waals surface area contributed by atoms with Crippen LogP contribution >= 0.6 is 31.9 Å². The van der Waals surface area contributed by atoms with Gasteiger partial charge in [0, 0.05) is 33.5 Å². The Morgan fingerprint density at radius 3 is 2.36 bits per heavy atom. The van der Waals surface area contributed by atoms with Gasteiger partial charge in [-0.3, -0.25) is 34.2 Å². The molecule has 1 N–H and O–H groups in total. The topological polar surface area (TPSA) is 136 Å². The molecular formula is C21H21Br2N3O7. The Balaban J connectivity index is 1.26. The van der Waals surface area contributed by atoms with Crippen LogP contribution in [0.4, 0.5) is 11.4 Å². The fourth-order valence-corrected chi connectivity index (χ4v) is 7.01. The van der Waals surface area contributed by atoms with E-state index in [2.05, 4.69) is 37.2 Å². The minimum atomic E-state index is -0.725. The standard InChI is InChI=1S/C21H21Br2N3O7/c1-9-2-3-10(6-13(9)26(31)32)24-14(27)8-33-15(28)4-5-25-20(29)16-11-7-12(17(16)21(25)30)19(23)18(11)22/h2-3,6,11-12,16-19H,4-5,7-8H2,1H3,(H,24,27)/t11-,12-,16-,17-,18+,19+/m1/s1. The van der Waals surface area contributed by atoms with Crippen LogP contribution in [0.5, 0.6) is 0 Å². The molecule has 2 saturated carbocycles. The van der Waals surface area contributed by atoms with Crippen molar-refractivity contribution in [2.75, 3.05) is 18.5 Å². The summed E-state index contributed by atoms with van der Waals surface area (Å²) in [4.78, 5) is 61.7. The van der Waals surface area contributed by atoms with Gasteiger partial charge in [0.2, 0.25) is 11.8 Å². The fraction of sp³-hybridized carbons (Fsp3) is 0.524. The van der Waals surface area contributed by atoms with Gasteiger partial charge in [0.25, 0.3) is 11.6 Å². The number of carbonyl (C=O) groups excluding carboxylic acids is 4. The molecule has 3 fully saturated rings. The van der Waals surface area contributed by atoms with Crippen LogP contribution in [0.25, 0.3) is 0 Å². The maximum atomic E-state index is 12.8. The van der Waals surface area contributed by atoms with Crippen LogP contribution in [-0.2, 0) is 23.9 Å². The van der Waals surface area contributed by atoms with E-state index in [4.69, 9.17) is 4.74 Å². The minimum absolute atomic E-state index is 0.0887. The summed E-state index contributed by atoms with van der Waals surface area (Å²) in [6.45, 7) is 0.902. The summed E-state index contributed by atoms with van der Waals surface area (Å²) in [6, 6.07) is 4.23. The Kier molecular flexibility index (Phi) is 6.59. The zero-order valence-electron chi connectivity index (χ0n) is 17.5. The quantitative estimate of drug-likeness (QED) is 0.170. The van der Waals surface area contributed by atoms with E-state index in [0.29, 0.717) is 5.56 Å². The van der Waals surface area contributed by atoms with Crippen LogP contribution in [0.1, 0.15) is 18.4 Å². The van der Waals surface area contributed by atoms with E-state index in [1.54, 1.807) is 6.92 Å². The second-order valence-electron chi connectivity index (χ2n) is 8.55. The number of ether oxygens (including phenoxy) is 1. The lowest BCUT2D eigenvalue weighted by Crippen LogP contribution is -2.37. The second-order valence-corrected chi connectivity index (χ2v) is 10.7. The maximum absolute atomic E-state index is 12.8. The summed E-state index contributed by atoms with van der Waals surface area (Å²) in [5, 5.41) is 13.4. The monoisotopic (exact) mass is 585 g/mol. The van der Waals surface area contributed by atoms with Gasteiger partial charge in [-0.05, 0) is 31.2 Å². The number of alkyl halides is 2. The van der Waals surface area contributed by atoms with Crippen molar-refractivity contribution in [3.8, 4) is 0 Å². The lowest BCUT2D eigenvalue weighted by molar-refractivity contribution is -0.385. The third kappa shape index (κ3) is 4.30. The molecular weight excluding hydrogens is 566 g/mol. The van der Waals surface area contributed by atoms with Crippen LogP contribution in [0, 0.1) is 40.7 Å². The molecule has 3 amide bonds. The van der Waals surface area contributed by atoms with Crippen LogP contribution in [0.2, 0.25) is 0 Å². The molecule has 12 heteroatoms. The first-order chi connectivity index (χ1) is 15.6. The molecule has 0 unspecified atom stereocenters. The number of aryl methyl sites for hydroxylation is 1. The predicted octanol–water partition coefficient (Wildman–Crippen LogP) is 2.55. The Labute approximate surface area is 205 Å². The molecule has 1 aromatic carbocycles. The first-order valence-corrected chi connectivity index (χ1v) is 12.3. The molecule has 0 spiro atoms. The highest BCUT2D eigenvalue weighted by Gasteiger charge is 2.66. The van der Waals surface area contributed by atoms with Crippen molar-refractivity contribution in [3.63, 3.8) is 0 Å². The number of likely N-dealkylation sites (tertiary alicyclic amines) is 1. The lowest BCUT2D eigenvalue weighted by Gasteiger charge is -2.28. The van der Waals surface area contributed by atoms with Crippen molar-refractivity contribution in [1.82, 2.24) is 4.90 Å². The van der Waals surface area contributed by atoms with E-state index in [9.17, 15) is 29.3 Å². The highest BCUT2D eigenvalue weighted by Crippen LogP contribution is 2.60. The van der Waals surface area contributed by atoms with Crippen LogP contribution < -0.4 is 5.32 Å². The number of rotatable bonds is 7. The lowest BCUT2D eigenvalue weighted by atomic mass is 9.81. The number of imide groups is 1. The van der Waals surface area contributed by atoms with Gasteiger partial charge in [0.1, 0.15) is 0 Å². The Bertz CT molecular complexity index is 1020. The molecule has 33 heavy (non-hydrogen) atoms. The summed E-state index contributed by atoms with van der Waals surface area (Å²) in [6.07, 6.45) is 0.610. The maximum Gasteiger partial charge on any atom is 0.308 e. The number of nitro groups is 1. The van der Waals surface area contributed by atoms with Gasteiger partial charge < -0.3 is 10.1 Å². The molecule has 0 radical (unpaired) electrons. The number of nitrogens with one attached hydrogen (secondary N) is 1. The number of halogens is 2. The minimum Gasteiger partial charge on any atom is -0.456 e. The van der Waals surface area contributed by atoms with E-state index in [1.165, 1.54) is 18.2 Å². The third-order valence-corrected chi connectivity index (χ3v) is 9.88. The van der Waals surface area contributed by atoms with Gasteiger partial charge in [-0.1, -0.05) is 37.9 Å². The van der Waals surface area contributed by atoms with E-state index >= 15 is 0 Å². The van der Waals surface area contributed by atoms with Gasteiger partial charge in [-0.15, -0.1) is 0 Å². The Morgan fingerprint density at radius 1 is 1.18 bits per heavy atom. The van der Waals surface area contributed by atoms with Crippen molar-refractivity contribution >= 4 is 66.9 Å². The number of hydrogen-bond donors (Lipinski definition) is 1. The summed E-state index contributed by atoms with van der Waals surface area (Å²) < 4.78 is 4.94. The second kappa shape index (κ2) is 9.13. The molecule has 1 aromatic rings. The zero-order valence-corrected chi connectivity index (χ0v) is 20.7. The number of fused-ring (bicyclic) bond motifs is 5. The highest BCUT2D eigenvalue weighted by atomic mass is 79.9. The van der Waals surface area contributed by atoms with Crippen molar-refractivity contribution in [1.29, 1.82) is 0 Å². The largest absolute Gasteiger partial charge is 0.456 e. The molecule has 2 bridgehead atoms. The van der Waals surface area contributed by atoms with Crippen molar-refractivity contribution in [2.24, 2.45) is 23.7 Å². The molecule has 2 aliphatic carbocycles. The van der Waals surface area contributed by atoms with Gasteiger partial charge in [0.05, 0.1) is 23.2 Å². The van der Waals surface area contributed by atoms with Crippen molar-refractivity contribution in [3.05, 3.63) is 33.9 Å².